The first kappa shape index (κ1) is 17.3. The fourth-order valence-corrected chi connectivity index (χ4v) is 3.30. The Morgan fingerprint density at radius 2 is 2.14 bits per heavy atom. The minimum Gasteiger partial charge on any atom is -0.496 e. The molecular formula is C17H25BrN2O2. The van der Waals surface area contributed by atoms with Gasteiger partial charge in [0.25, 0.3) is 0 Å². The quantitative estimate of drug-likeness (QED) is 0.839. The number of likely N-dealkylation sites (tertiary alicyclic amines) is 1. The minimum atomic E-state index is 0.193. The summed E-state index contributed by atoms with van der Waals surface area (Å²) in [5, 5.41) is 3.40. The van der Waals surface area contributed by atoms with Crippen LogP contribution < -0.4 is 10.1 Å². The van der Waals surface area contributed by atoms with Gasteiger partial charge in [0.15, 0.2) is 0 Å². The van der Waals surface area contributed by atoms with Crippen LogP contribution in [0.15, 0.2) is 22.7 Å². The molecule has 1 aromatic carbocycles. The number of nitrogens with one attached hydrogen (secondary N) is 1. The third-order valence-electron chi connectivity index (χ3n) is 4.23. The second-order valence-corrected chi connectivity index (χ2v) is 6.68. The minimum absolute atomic E-state index is 0.193. The van der Waals surface area contributed by atoms with Crippen molar-refractivity contribution in [1.82, 2.24) is 10.2 Å². The number of halogens is 1. The van der Waals surface area contributed by atoms with Crippen LogP contribution in [0.1, 0.15) is 25.3 Å². The average Bonchev–Trinajstić information content (AvgIpc) is 2.53. The molecule has 1 N–H and O–H groups in total. The maximum absolute atomic E-state index is 12.5. The molecule has 0 aromatic heterocycles. The molecule has 122 valence electrons. The van der Waals surface area contributed by atoms with Gasteiger partial charge < -0.3 is 15.0 Å². The van der Waals surface area contributed by atoms with E-state index in [2.05, 4.69) is 28.2 Å². The van der Waals surface area contributed by atoms with Gasteiger partial charge in [0.1, 0.15) is 5.75 Å². The highest BCUT2D eigenvalue weighted by atomic mass is 79.9. The molecule has 1 heterocycles. The number of rotatable bonds is 6. The fraction of sp³-hybridized carbons (Fsp3) is 0.588. The first-order valence-electron chi connectivity index (χ1n) is 7.95. The lowest BCUT2D eigenvalue weighted by Crippen LogP contribution is -2.41. The van der Waals surface area contributed by atoms with Crippen molar-refractivity contribution in [2.24, 2.45) is 5.92 Å². The fourth-order valence-electron chi connectivity index (χ4n) is 2.89. The van der Waals surface area contributed by atoms with Gasteiger partial charge in [-0.3, -0.25) is 4.79 Å². The van der Waals surface area contributed by atoms with Gasteiger partial charge in [0, 0.05) is 23.1 Å². The first-order valence-corrected chi connectivity index (χ1v) is 8.74. The Hall–Kier alpha value is -1.07. The van der Waals surface area contributed by atoms with E-state index in [1.165, 1.54) is 0 Å². The number of methoxy groups -OCH3 is 1. The van der Waals surface area contributed by atoms with Gasteiger partial charge in [-0.05, 0) is 50.0 Å². The van der Waals surface area contributed by atoms with Crippen LogP contribution in [0.5, 0.6) is 5.75 Å². The summed E-state index contributed by atoms with van der Waals surface area (Å²) in [6, 6.07) is 5.79. The summed E-state index contributed by atoms with van der Waals surface area (Å²) in [5.41, 5.74) is 0.941. The van der Waals surface area contributed by atoms with Crippen molar-refractivity contribution >= 4 is 21.8 Å². The molecule has 1 aromatic rings. The van der Waals surface area contributed by atoms with E-state index in [1.807, 2.05) is 23.1 Å². The zero-order chi connectivity index (χ0) is 15.9. The highest BCUT2D eigenvalue weighted by molar-refractivity contribution is 9.10. The lowest BCUT2D eigenvalue weighted by Gasteiger charge is -2.32. The van der Waals surface area contributed by atoms with Crippen LogP contribution in [0.2, 0.25) is 0 Å². The molecule has 22 heavy (non-hydrogen) atoms. The molecule has 1 fully saturated rings. The molecule has 0 radical (unpaired) electrons. The predicted molar refractivity (Wildman–Crippen MR) is 92.2 cm³/mol. The zero-order valence-corrected chi connectivity index (χ0v) is 15.0. The third-order valence-corrected chi connectivity index (χ3v) is 4.73. The average molecular weight is 369 g/mol. The first-order chi connectivity index (χ1) is 10.6. The van der Waals surface area contributed by atoms with Gasteiger partial charge >= 0.3 is 0 Å². The second-order valence-electron chi connectivity index (χ2n) is 5.76. The molecule has 5 heteroatoms. The number of carbonyl (C=O) groups excluding carboxylic acids is 1. The Bertz CT molecular complexity index is 499. The van der Waals surface area contributed by atoms with Crippen molar-refractivity contribution in [1.29, 1.82) is 0 Å². The van der Waals surface area contributed by atoms with Crippen LogP contribution in [-0.2, 0) is 11.2 Å². The molecule has 0 spiro atoms. The van der Waals surface area contributed by atoms with E-state index >= 15 is 0 Å². The lowest BCUT2D eigenvalue weighted by molar-refractivity contribution is -0.131. The van der Waals surface area contributed by atoms with Gasteiger partial charge in [-0.1, -0.05) is 22.9 Å². The molecule has 1 amide bonds. The van der Waals surface area contributed by atoms with E-state index in [9.17, 15) is 4.79 Å². The summed E-state index contributed by atoms with van der Waals surface area (Å²) in [7, 11) is 1.64. The number of benzene rings is 1. The summed E-state index contributed by atoms with van der Waals surface area (Å²) in [5.74, 6) is 1.67. The van der Waals surface area contributed by atoms with Crippen molar-refractivity contribution in [3.05, 3.63) is 28.2 Å². The van der Waals surface area contributed by atoms with Gasteiger partial charge in [-0.2, -0.15) is 0 Å². The van der Waals surface area contributed by atoms with Crippen LogP contribution in [0, 0.1) is 5.92 Å². The Morgan fingerprint density at radius 1 is 1.41 bits per heavy atom. The van der Waals surface area contributed by atoms with E-state index in [0.29, 0.717) is 12.3 Å². The van der Waals surface area contributed by atoms with Crippen LogP contribution in [0.25, 0.3) is 0 Å². The van der Waals surface area contributed by atoms with E-state index in [1.54, 1.807) is 7.11 Å². The molecule has 0 bridgehead atoms. The predicted octanol–water partition coefficient (Wildman–Crippen LogP) is 2.85. The van der Waals surface area contributed by atoms with E-state index in [0.717, 1.165) is 54.8 Å². The Kier molecular flexibility index (Phi) is 6.70. The van der Waals surface area contributed by atoms with E-state index in [4.69, 9.17) is 4.74 Å². The molecule has 0 saturated carbocycles. The van der Waals surface area contributed by atoms with E-state index in [-0.39, 0.29) is 5.91 Å². The Balaban J connectivity index is 1.90. The molecule has 2 rings (SSSR count). The molecule has 1 aliphatic heterocycles. The highest BCUT2D eigenvalue weighted by Crippen LogP contribution is 2.25. The van der Waals surface area contributed by atoms with Crippen LogP contribution in [0.4, 0.5) is 0 Å². The SMILES string of the molecule is CCNCC1CCN(C(=O)Cc2cc(Br)ccc2OC)CC1. The van der Waals surface area contributed by atoms with Crippen molar-refractivity contribution in [2.45, 2.75) is 26.2 Å². The monoisotopic (exact) mass is 368 g/mol. The number of hydrogen-bond donors (Lipinski definition) is 1. The lowest BCUT2D eigenvalue weighted by atomic mass is 9.96. The largest absolute Gasteiger partial charge is 0.496 e. The van der Waals surface area contributed by atoms with Crippen molar-refractivity contribution in [3.8, 4) is 5.75 Å². The maximum Gasteiger partial charge on any atom is 0.227 e. The second kappa shape index (κ2) is 8.53. The molecular weight excluding hydrogens is 344 g/mol. The third kappa shape index (κ3) is 4.71. The van der Waals surface area contributed by atoms with E-state index < -0.39 is 0 Å². The summed E-state index contributed by atoms with van der Waals surface area (Å²) in [6.07, 6.45) is 2.59. The van der Waals surface area contributed by atoms with Crippen molar-refractivity contribution in [3.63, 3.8) is 0 Å². The number of ether oxygens (including phenoxy) is 1. The molecule has 0 unspecified atom stereocenters. The van der Waals surface area contributed by atoms with Crippen LogP contribution in [0.3, 0.4) is 0 Å². The molecule has 1 saturated heterocycles. The van der Waals surface area contributed by atoms with Crippen LogP contribution in [-0.4, -0.2) is 44.1 Å². The number of amides is 1. The van der Waals surface area contributed by atoms with Crippen molar-refractivity contribution in [2.75, 3.05) is 33.3 Å². The summed E-state index contributed by atoms with van der Waals surface area (Å²) in [4.78, 5) is 14.5. The molecule has 0 atom stereocenters. The Morgan fingerprint density at radius 3 is 2.77 bits per heavy atom. The maximum atomic E-state index is 12.5. The molecule has 4 nitrogen and oxygen atoms in total. The zero-order valence-electron chi connectivity index (χ0n) is 13.4. The summed E-state index contributed by atoms with van der Waals surface area (Å²) in [6.45, 7) is 5.94. The van der Waals surface area contributed by atoms with Gasteiger partial charge in [-0.25, -0.2) is 0 Å². The standard InChI is InChI=1S/C17H25BrN2O2/c1-3-19-12-13-6-8-20(9-7-13)17(21)11-14-10-15(18)4-5-16(14)22-2/h4-5,10,13,19H,3,6-9,11-12H2,1-2H3. The topological polar surface area (TPSA) is 41.6 Å². The number of nitrogens with zero attached hydrogens (tertiary/aromatic N) is 1. The summed E-state index contributed by atoms with van der Waals surface area (Å²) < 4.78 is 6.32. The Labute approximate surface area is 141 Å². The number of piperidine rings is 1. The summed E-state index contributed by atoms with van der Waals surface area (Å²) >= 11 is 3.46. The molecule has 0 aliphatic carbocycles. The highest BCUT2D eigenvalue weighted by Gasteiger charge is 2.23. The smallest absolute Gasteiger partial charge is 0.227 e. The van der Waals surface area contributed by atoms with Gasteiger partial charge in [0.05, 0.1) is 13.5 Å². The number of hydrogen-bond acceptors (Lipinski definition) is 3. The number of carbonyl (C=O) groups is 1. The van der Waals surface area contributed by atoms with Crippen LogP contribution >= 0.6 is 15.9 Å². The molecule has 1 aliphatic rings. The van der Waals surface area contributed by atoms with Gasteiger partial charge in [0.2, 0.25) is 5.91 Å². The normalized spacial score (nSPS) is 15.9. The van der Waals surface area contributed by atoms with Gasteiger partial charge in [-0.15, -0.1) is 0 Å². The van der Waals surface area contributed by atoms with Crippen molar-refractivity contribution < 1.29 is 9.53 Å².